The van der Waals surface area contributed by atoms with E-state index >= 15 is 0 Å². The standard InChI is InChI=1S/C24H33N9O3/c1-16-18(15-25-30(16)2)20-27-21-19(23(29-20)32-9-13-36-14-10-32)26-22(28-21)24(34)33-5-3-17(4-6-33)31-7-11-35-12-8-31/h15,17H,3-14H2,1-2H3,(H,26,27,28,29). The van der Waals surface area contributed by atoms with E-state index in [2.05, 4.69) is 19.9 Å². The Bertz CT molecular complexity index is 1240. The molecule has 0 spiro atoms. The summed E-state index contributed by atoms with van der Waals surface area (Å²) in [5, 5.41) is 4.36. The van der Waals surface area contributed by atoms with Crippen LogP contribution in [0.1, 0.15) is 29.2 Å². The van der Waals surface area contributed by atoms with E-state index in [1.165, 1.54) is 0 Å². The van der Waals surface area contributed by atoms with Gasteiger partial charge < -0.3 is 24.3 Å². The molecule has 0 aliphatic carbocycles. The molecule has 3 aliphatic heterocycles. The number of piperidine rings is 1. The number of hydrogen-bond acceptors (Lipinski definition) is 9. The molecule has 3 aromatic heterocycles. The number of likely N-dealkylation sites (tertiary alicyclic amines) is 1. The summed E-state index contributed by atoms with van der Waals surface area (Å²) >= 11 is 0. The van der Waals surface area contributed by atoms with Crippen molar-refractivity contribution in [1.82, 2.24) is 39.5 Å². The number of aromatic amines is 1. The Morgan fingerprint density at radius 1 is 0.972 bits per heavy atom. The van der Waals surface area contributed by atoms with Crippen molar-refractivity contribution in [3.05, 3.63) is 17.7 Å². The molecule has 3 saturated heterocycles. The quantitative estimate of drug-likeness (QED) is 0.562. The van der Waals surface area contributed by atoms with Gasteiger partial charge in [0.05, 0.1) is 38.2 Å². The number of carbonyl (C=O) groups excluding carboxylic acids is 1. The molecule has 12 nitrogen and oxygen atoms in total. The fourth-order valence-electron chi connectivity index (χ4n) is 5.35. The Morgan fingerprint density at radius 3 is 2.33 bits per heavy atom. The molecule has 12 heteroatoms. The van der Waals surface area contributed by atoms with Crippen molar-refractivity contribution in [2.75, 3.05) is 70.6 Å². The molecule has 0 saturated carbocycles. The van der Waals surface area contributed by atoms with E-state index in [1.807, 2.05) is 18.9 Å². The van der Waals surface area contributed by atoms with Gasteiger partial charge in [0, 0.05) is 58.1 Å². The lowest BCUT2D eigenvalue weighted by atomic mass is 10.0. The summed E-state index contributed by atoms with van der Waals surface area (Å²) in [6.45, 7) is 9.66. The van der Waals surface area contributed by atoms with Gasteiger partial charge in [0.25, 0.3) is 5.91 Å². The molecule has 0 aromatic carbocycles. The van der Waals surface area contributed by atoms with E-state index in [0.717, 1.165) is 69.3 Å². The van der Waals surface area contributed by atoms with Crippen LogP contribution in [0.2, 0.25) is 0 Å². The summed E-state index contributed by atoms with van der Waals surface area (Å²) in [5.74, 6) is 1.53. The largest absolute Gasteiger partial charge is 0.379 e. The Hall–Kier alpha value is -3.09. The third-order valence-electron chi connectivity index (χ3n) is 7.63. The van der Waals surface area contributed by atoms with Gasteiger partial charge in [-0.2, -0.15) is 5.10 Å². The van der Waals surface area contributed by atoms with Crippen molar-refractivity contribution >= 4 is 22.9 Å². The highest BCUT2D eigenvalue weighted by molar-refractivity contribution is 5.96. The predicted molar refractivity (Wildman–Crippen MR) is 133 cm³/mol. The van der Waals surface area contributed by atoms with E-state index in [9.17, 15) is 4.79 Å². The summed E-state index contributed by atoms with van der Waals surface area (Å²) in [4.78, 5) is 37.6. The predicted octanol–water partition coefficient (Wildman–Crippen LogP) is 0.835. The van der Waals surface area contributed by atoms with Gasteiger partial charge >= 0.3 is 0 Å². The molecule has 0 unspecified atom stereocenters. The van der Waals surface area contributed by atoms with Crippen LogP contribution in [0.15, 0.2) is 6.20 Å². The van der Waals surface area contributed by atoms with Crippen LogP contribution in [0.4, 0.5) is 5.82 Å². The summed E-state index contributed by atoms with van der Waals surface area (Å²) in [6.07, 6.45) is 3.71. The monoisotopic (exact) mass is 495 g/mol. The van der Waals surface area contributed by atoms with Crippen molar-refractivity contribution in [1.29, 1.82) is 0 Å². The van der Waals surface area contributed by atoms with Crippen molar-refractivity contribution in [2.24, 2.45) is 7.05 Å². The number of nitrogens with zero attached hydrogens (tertiary/aromatic N) is 8. The van der Waals surface area contributed by atoms with Crippen LogP contribution in [0.3, 0.4) is 0 Å². The fourth-order valence-corrected chi connectivity index (χ4v) is 5.35. The number of aryl methyl sites for hydroxylation is 1. The first-order valence-electron chi connectivity index (χ1n) is 12.8. The van der Waals surface area contributed by atoms with Gasteiger partial charge in [-0.3, -0.25) is 14.4 Å². The second-order valence-electron chi connectivity index (χ2n) is 9.69. The van der Waals surface area contributed by atoms with E-state index in [4.69, 9.17) is 24.4 Å². The Balaban J connectivity index is 1.28. The molecule has 3 fully saturated rings. The van der Waals surface area contributed by atoms with Gasteiger partial charge in [-0.25, -0.2) is 15.0 Å². The number of hydrogen-bond donors (Lipinski definition) is 1. The zero-order valence-electron chi connectivity index (χ0n) is 20.9. The minimum Gasteiger partial charge on any atom is -0.379 e. The average Bonchev–Trinajstić information content (AvgIpc) is 3.51. The minimum absolute atomic E-state index is 0.0829. The highest BCUT2D eigenvalue weighted by Crippen LogP contribution is 2.29. The third kappa shape index (κ3) is 4.33. The van der Waals surface area contributed by atoms with Crippen molar-refractivity contribution in [2.45, 2.75) is 25.8 Å². The molecule has 3 aliphatic rings. The minimum atomic E-state index is -0.0829. The number of aromatic nitrogens is 6. The van der Waals surface area contributed by atoms with Gasteiger partial charge in [-0.05, 0) is 19.8 Å². The first kappa shape index (κ1) is 23.3. The zero-order valence-corrected chi connectivity index (χ0v) is 20.9. The zero-order chi connectivity index (χ0) is 24.6. The van der Waals surface area contributed by atoms with Gasteiger partial charge in [0.2, 0.25) is 0 Å². The second-order valence-corrected chi connectivity index (χ2v) is 9.69. The maximum absolute atomic E-state index is 13.5. The third-order valence-corrected chi connectivity index (χ3v) is 7.63. The normalized spacial score (nSPS) is 20.4. The van der Waals surface area contributed by atoms with Gasteiger partial charge in [0.15, 0.2) is 28.6 Å². The molecule has 3 aromatic rings. The highest BCUT2D eigenvalue weighted by atomic mass is 16.5. The van der Waals surface area contributed by atoms with Crippen molar-refractivity contribution in [3.8, 4) is 11.4 Å². The van der Waals surface area contributed by atoms with Crippen LogP contribution >= 0.6 is 0 Å². The highest BCUT2D eigenvalue weighted by Gasteiger charge is 2.30. The molecule has 6 heterocycles. The number of ether oxygens (including phenoxy) is 2. The van der Waals surface area contributed by atoms with Crippen molar-refractivity contribution in [3.63, 3.8) is 0 Å². The van der Waals surface area contributed by atoms with Crippen LogP contribution in [0, 0.1) is 6.92 Å². The van der Waals surface area contributed by atoms with E-state index in [-0.39, 0.29) is 5.91 Å². The lowest BCUT2D eigenvalue weighted by molar-refractivity contribution is 0.00147. The average molecular weight is 496 g/mol. The molecule has 1 amide bonds. The number of morpholine rings is 2. The molecule has 192 valence electrons. The molecule has 0 bridgehead atoms. The van der Waals surface area contributed by atoms with Crippen LogP contribution < -0.4 is 4.90 Å². The van der Waals surface area contributed by atoms with E-state index in [1.54, 1.807) is 10.9 Å². The van der Waals surface area contributed by atoms with Crippen LogP contribution in [-0.4, -0.2) is 117 Å². The lowest BCUT2D eigenvalue weighted by Crippen LogP contribution is -2.50. The molecule has 0 radical (unpaired) electrons. The SMILES string of the molecule is Cc1c(-c2nc(N3CCOCC3)c3nc(C(=O)N4CCC(N5CCOCC5)CC4)[nH]c3n2)cnn1C. The Kier molecular flexibility index (Phi) is 6.32. The number of imidazole rings is 1. The van der Waals surface area contributed by atoms with Gasteiger partial charge in [0.1, 0.15) is 0 Å². The topological polar surface area (TPSA) is 118 Å². The fraction of sp³-hybridized carbons (Fsp3) is 0.625. The van der Waals surface area contributed by atoms with Crippen LogP contribution in [0.25, 0.3) is 22.6 Å². The second kappa shape index (κ2) is 9.75. The number of carbonyl (C=O) groups is 1. The molecule has 36 heavy (non-hydrogen) atoms. The van der Waals surface area contributed by atoms with E-state index < -0.39 is 0 Å². The number of H-pyrrole nitrogens is 1. The van der Waals surface area contributed by atoms with Crippen LogP contribution in [-0.2, 0) is 16.5 Å². The van der Waals surface area contributed by atoms with Gasteiger partial charge in [-0.15, -0.1) is 0 Å². The summed E-state index contributed by atoms with van der Waals surface area (Å²) in [7, 11) is 1.90. The molecular weight excluding hydrogens is 462 g/mol. The number of nitrogens with one attached hydrogen (secondary N) is 1. The van der Waals surface area contributed by atoms with Crippen molar-refractivity contribution < 1.29 is 14.3 Å². The summed E-state index contributed by atoms with van der Waals surface area (Å²) in [5.41, 5.74) is 3.02. The molecule has 0 atom stereocenters. The summed E-state index contributed by atoms with van der Waals surface area (Å²) < 4.78 is 12.8. The first-order chi connectivity index (χ1) is 17.6. The summed E-state index contributed by atoms with van der Waals surface area (Å²) in [6, 6.07) is 0.512. The van der Waals surface area contributed by atoms with Gasteiger partial charge in [-0.1, -0.05) is 0 Å². The number of fused-ring (bicyclic) bond motifs is 1. The molecule has 1 N–H and O–H groups in total. The molecular formula is C24H33N9O3. The maximum atomic E-state index is 13.5. The number of anilines is 1. The Morgan fingerprint density at radius 2 is 1.67 bits per heavy atom. The van der Waals surface area contributed by atoms with Crippen LogP contribution in [0.5, 0.6) is 0 Å². The van der Waals surface area contributed by atoms with E-state index in [0.29, 0.717) is 55.2 Å². The maximum Gasteiger partial charge on any atom is 0.289 e. The Labute approximate surface area is 209 Å². The lowest BCUT2D eigenvalue weighted by Gasteiger charge is -2.39. The first-order valence-corrected chi connectivity index (χ1v) is 12.8. The number of rotatable bonds is 4. The molecule has 6 rings (SSSR count). The number of amides is 1. The smallest absolute Gasteiger partial charge is 0.289 e.